The van der Waals surface area contributed by atoms with Crippen LogP contribution in [0.5, 0.6) is 0 Å². The van der Waals surface area contributed by atoms with E-state index >= 15 is 0 Å². The van der Waals surface area contributed by atoms with E-state index in [0.29, 0.717) is 5.95 Å². The number of hydrogen-bond donors (Lipinski definition) is 2. The van der Waals surface area contributed by atoms with E-state index < -0.39 is 0 Å². The third-order valence-electron chi connectivity index (χ3n) is 3.69. The normalized spacial score (nSPS) is 16.8. The van der Waals surface area contributed by atoms with Crippen molar-refractivity contribution < 1.29 is 4.79 Å². The van der Waals surface area contributed by atoms with Gasteiger partial charge in [0.05, 0.1) is 11.0 Å². The van der Waals surface area contributed by atoms with Gasteiger partial charge in [-0.05, 0) is 30.9 Å². The van der Waals surface area contributed by atoms with E-state index in [9.17, 15) is 4.79 Å². The Morgan fingerprint density at radius 2 is 2.11 bits per heavy atom. The molecule has 0 spiro atoms. The highest BCUT2D eigenvalue weighted by Crippen LogP contribution is 2.18. The molecule has 2 amide bonds. The number of para-hydroxylation sites is 2. The van der Waals surface area contributed by atoms with Crippen LogP contribution in [0, 0.1) is 5.92 Å². The number of rotatable bonds is 1. The van der Waals surface area contributed by atoms with Crippen LogP contribution in [0.15, 0.2) is 24.3 Å². The van der Waals surface area contributed by atoms with E-state index in [0.717, 1.165) is 42.9 Å². The molecule has 1 fully saturated rings. The number of aromatic amines is 1. The molecule has 0 radical (unpaired) electrons. The molecule has 1 aliphatic heterocycles. The van der Waals surface area contributed by atoms with Crippen LogP contribution < -0.4 is 5.32 Å². The van der Waals surface area contributed by atoms with E-state index in [4.69, 9.17) is 0 Å². The van der Waals surface area contributed by atoms with Crippen molar-refractivity contribution in [2.75, 3.05) is 18.4 Å². The van der Waals surface area contributed by atoms with Gasteiger partial charge in [0.15, 0.2) is 0 Å². The van der Waals surface area contributed by atoms with Crippen LogP contribution in [0.2, 0.25) is 0 Å². The lowest BCUT2D eigenvalue weighted by atomic mass is 10.00. The SMILES string of the molecule is CC1CCN(C(=O)Nc2nc3ccccc3[nH]2)CC1. The van der Waals surface area contributed by atoms with Gasteiger partial charge in [-0.15, -0.1) is 0 Å². The minimum Gasteiger partial charge on any atom is -0.324 e. The van der Waals surface area contributed by atoms with E-state index in [1.807, 2.05) is 29.2 Å². The highest BCUT2D eigenvalue weighted by Gasteiger charge is 2.20. The predicted molar refractivity (Wildman–Crippen MR) is 75.1 cm³/mol. The lowest BCUT2D eigenvalue weighted by Gasteiger charge is -2.29. The van der Waals surface area contributed by atoms with Crippen molar-refractivity contribution in [1.29, 1.82) is 0 Å². The number of fused-ring (bicyclic) bond motifs is 1. The first-order chi connectivity index (χ1) is 9.22. The smallest absolute Gasteiger partial charge is 0.324 e. The van der Waals surface area contributed by atoms with Crippen LogP contribution >= 0.6 is 0 Å². The van der Waals surface area contributed by atoms with Crippen LogP contribution in [0.25, 0.3) is 11.0 Å². The summed E-state index contributed by atoms with van der Waals surface area (Å²) < 4.78 is 0. The van der Waals surface area contributed by atoms with Gasteiger partial charge in [-0.2, -0.15) is 0 Å². The molecule has 0 bridgehead atoms. The highest BCUT2D eigenvalue weighted by atomic mass is 16.2. The average molecular weight is 258 g/mol. The zero-order chi connectivity index (χ0) is 13.2. The molecule has 1 aromatic carbocycles. The minimum absolute atomic E-state index is 0.0639. The number of piperidine rings is 1. The summed E-state index contributed by atoms with van der Waals surface area (Å²) in [5, 5.41) is 2.84. The maximum Gasteiger partial charge on any atom is 0.324 e. The summed E-state index contributed by atoms with van der Waals surface area (Å²) in [6, 6.07) is 7.68. The number of imidazole rings is 1. The Hall–Kier alpha value is -2.04. The van der Waals surface area contributed by atoms with Gasteiger partial charge in [-0.3, -0.25) is 5.32 Å². The van der Waals surface area contributed by atoms with Gasteiger partial charge < -0.3 is 9.88 Å². The largest absolute Gasteiger partial charge is 0.324 e. The second kappa shape index (κ2) is 4.91. The number of benzene rings is 1. The Morgan fingerprint density at radius 1 is 1.37 bits per heavy atom. The molecule has 1 aliphatic rings. The molecule has 1 saturated heterocycles. The molecular formula is C14H18N4O. The number of nitrogens with one attached hydrogen (secondary N) is 2. The Kier molecular flexibility index (Phi) is 3.11. The maximum absolute atomic E-state index is 12.1. The number of amides is 2. The van der Waals surface area contributed by atoms with E-state index in [2.05, 4.69) is 22.2 Å². The molecule has 100 valence electrons. The predicted octanol–water partition coefficient (Wildman–Crippen LogP) is 2.83. The molecule has 2 aromatic rings. The van der Waals surface area contributed by atoms with Crippen molar-refractivity contribution in [2.24, 2.45) is 5.92 Å². The molecule has 19 heavy (non-hydrogen) atoms. The molecule has 0 saturated carbocycles. The fraction of sp³-hybridized carbons (Fsp3) is 0.429. The number of carbonyl (C=O) groups is 1. The highest BCUT2D eigenvalue weighted by molar-refractivity contribution is 5.89. The Labute approximate surface area is 112 Å². The van der Waals surface area contributed by atoms with Crippen molar-refractivity contribution in [1.82, 2.24) is 14.9 Å². The molecule has 1 aromatic heterocycles. The second-order valence-electron chi connectivity index (χ2n) is 5.20. The molecule has 2 N–H and O–H groups in total. The minimum atomic E-state index is -0.0639. The van der Waals surface area contributed by atoms with Gasteiger partial charge in [-0.25, -0.2) is 9.78 Å². The summed E-state index contributed by atoms with van der Waals surface area (Å²) in [5.41, 5.74) is 1.80. The molecule has 3 rings (SSSR count). The molecule has 5 nitrogen and oxygen atoms in total. The number of hydrogen-bond acceptors (Lipinski definition) is 2. The fourth-order valence-corrected chi connectivity index (χ4v) is 2.40. The van der Waals surface area contributed by atoms with Crippen molar-refractivity contribution in [2.45, 2.75) is 19.8 Å². The number of urea groups is 1. The number of H-pyrrole nitrogens is 1. The van der Waals surface area contributed by atoms with Crippen LogP contribution in [0.3, 0.4) is 0 Å². The zero-order valence-corrected chi connectivity index (χ0v) is 11.0. The van der Waals surface area contributed by atoms with E-state index in [-0.39, 0.29) is 6.03 Å². The first kappa shape index (κ1) is 12.0. The monoisotopic (exact) mass is 258 g/mol. The second-order valence-corrected chi connectivity index (χ2v) is 5.20. The number of aromatic nitrogens is 2. The summed E-state index contributed by atoms with van der Waals surface area (Å²) in [6.45, 7) is 3.88. The van der Waals surface area contributed by atoms with Gasteiger partial charge in [0, 0.05) is 13.1 Å². The van der Waals surface area contributed by atoms with Crippen molar-refractivity contribution in [3.8, 4) is 0 Å². The van der Waals surface area contributed by atoms with Gasteiger partial charge in [-0.1, -0.05) is 19.1 Å². The standard InChI is InChI=1S/C14H18N4O/c1-10-6-8-18(9-7-10)14(19)17-13-15-11-4-2-3-5-12(11)16-13/h2-5,10H,6-9H2,1H3,(H2,15,16,17,19). The number of likely N-dealkylation sites (tertiary alicyclic amines) is 1. The Bertz CT molecular complexity index is 551. The maximum atomic E-state index is 12.1. The van der Waals surface area contributed by atoms with E-state index in [1.165, 1.54) is 0 Å². The van der Waals surface area contributed by atoms with Crippen molar-refractivity contribution in [3.63, 3.8) is 0 Å². The third-order valence-corrected chi connectivity index (χ3v) is 3.69. The lowest BCUT2D eigenvalue weighted by molar-refractivity contribution is 0.186. The summed E-state index contributed by atoms with van der Waals surface area (Å²) in [6.07, 6.45) is 2.15. The number of nitrogens with zero attached hydrogens (tertiary/aromatic N) is 2. The number of carbonyl (C=O) groups excluding carboxylic acids is 1. The van der Waals surface area contributed by atoms with Crippen LogP contribution in [0.4, 0.5) is 10.7 Å². The molecule has 0 unspecified atom stereocenters. The molecule has 0 atom stereocenters. The molecule has 5 heteroatoms. The van der Waals surface area contributed by atoms with Crippen LogP contribution in [-0.4, -0.2) is 34.0 Å². The molecule has 0 aliphatic carbocycles. The lowest BCUT2D eigenvalue weighted by Crippen LogP contribution is -2.40. The van der Waals surface area contributed by atoms with Gasteiger partial charge in [0.25, 0.3) is 0 Å². The summed E-state index contributed by atoms with van der Waals surface area (Å²) in [5.74, 6) is 1.24. The van der Waals surface area contributed by atoms with E-state index in [1.54, 1.807) is 0 Å². The third kappa shape index (κ3) is 2.54. The quantitative estimate of drug-likeness (QED) is 0.826. The van der Waals surface area contributed by atoms with Gasteiger partial charge >= 0.3 is 6.03 Å². The molecular weight excluding hydrogens is 240 g/mol. The number of anilines is 1. The summed E-state index contributed by atoms with van der Waals surface area (Å²) >= 11 is 0. The Morgan fingerprint density at radius 3 is 2.84 bits per heavy atom. The van der Waals surface area contributed by atoms with Gasteiger partial charge in [0.1, 0.15) is 0 Å². The zero-order valence-electron chi connectivity index (χ0n) is 11.0. The van der Waals surface area contributed by atoms with Crippen molar-refractivity contribution in [3.05, 3.63) is 24.3 Å². The van der Waals surface area contributed by atoms with Crippen LogP contribution in [0.1, 0.15) is 19.8 Å². The van der Waals surface area contributed by atoms with Crippen molar-refractivity contribution >= 4 is 23.0 Å². The van der Waals surface area contributed by atoms with Crippen LogP contribution in [-0.2, 0) is 0 Å². The fourth-order valence-electron chi connectivity index (χ4n) is 2.40. The first-order valence-electron chi connectivity index (χ1n) is 6.73. The van der Waals surface area contributed by atoms with Gasteiger partial charge in [0.2, 0.25) is 5.95 Å². The first-order valence-corrected chi connectivity index (χ1v) is 6.73. The molecule has 2 heterocycles. The Balaban J connectivity index is 1.68. The average Bonchev–Trinajstić information content (AvgIpc) is 2.81. The topological polar surface area (TPSA) is 61.0 Å². The summed E-state index contributed by atoms with van der Waals surface area (Å²) in [4.78, 5) is 21.4. The summed E-state index contributed by atoms with van der Waals surface area (Å²) in [7, 11) is 0.